The molecule has 0 aliphatic heterocycles. The Morgan fingerprint density at radius 2 is 2.14 bits per heavy atom. The molecule has 2 nitrogen and oxygen atoms in total. The van der Waals surface area contributed by atoms with Gasteiger partial charge >= 0.3 is 0 Å². The molecular weight excluding hydrogens is 249 g/mol. The number of alkyl halides is 2. The minimum absolute atomic E-state index is 0.128. The zero-order valence-electron chi connectivity index (χ0n) is 8.86. The number of carbonyl (C=O) groups excluding carboxylic acids is 1. The van der Waals surface area contributed by atoms with E-state index in [2.05, 4.69) is 21.2 Å². The predicted molar refractivity (Wildman–Crippen MR) is 60.4 cm³/mol. The van der Waals surface area contributed by atoms with E-state index in [1.807, 2.05) is 13.0 Å². The lowest BCUT2D eigenvalue weighted by Crippen LogP contribution is -2.31. The number of nitrogens with one attached hydrogen (secondary N) is 1. The summed E-state index contributed by atoms with van der Waals surface area (Å²) in [4.78, 5) is 10.9. The van der Waals surface area contributed by atoms with Gasteiger partial charge < -0.3 is 5.32 Å². The summed E-state index contributed by atoms with van der Waals surface area (Å²) in [6, 6.07) is 0. The van der Waals surface area contributed by atoms with Crippen LogP contribution in [0, 0.1) is 0 Å². The molecule has 0 bridgehead atoms. The third-order valence-corrected chi connectivity index (χ3v) is 2.32. The standard InChI is InChI=1S/C10H17BrFNO/c1-4-5-8(10(2,3)12)7-13-9(14)6-11/h5H,4,6-7H2,1-3H3,(H,13,14)/b8-5-. The zero-order valence-corrected chi connectivity index (χ0v) is 10.4. The van der Waals surface area contributed by atoms with Crippen LogP contribution in [0.1, 0.15) is 27.2 Å². The second kappa shape index (κ2) is 6.17. The molecule has 0 aromatic heterocycles. The summed E-state index contributed by atoms with van der Waals surface area (Å²) in [5.41, 5.74) is -0.746. The van der Waals surface area contributed by atoms with E-state index in [1.165, 1.54) is 13.8 Å². The Labute approximate surface area is 93.1 Å². The Hall–Kier alpha value is -0.380. The van der Waals surface area contributed by atoms with Crippen molar-refractivity contribution in [2.45, 2.75) is 32.9 Å². The Kier molecular flexibility index (Phi) is 6.00. The maximum Gasteiger partial charge on any atom is 0.230 e. The highest BCUT2D eigenvalue weighted by Crippen LogP contribution is 2.20. The van der Waals surface area contributed by atoms with Crippen molar-refractivity contribution >= 4 is 21.8 Å². The van der Waals surface area contributed by atoms with Crippen molar-refractivity contribution in [3.8, 4) is 0 Å². The van der Waals surface area contributed by atoms with E-state index in [0.717, 1.165) is 6.42 Å². The summed E-state index contributed by atoms with van der Waals surface area (Å²) >= 11 is 3.03. The smallest absolute Gasteiger partial charge is 0.230 e. The zero-order chi connectivity index (χ0) is 11.2. The molecule has 0 unspecified atom stereocenters. The number of rotatable bonds is 5. The van der Waals surface area contributed by atoms with Gasteiger partial charge in [0.2, 0.25) is 5.91 Å². The third kappa shape index (κ3) is 5.37. The average Bonchev–Trinajstić information content (AvgIpc) is 2.09. The molecule has 0 aromatic carbocycles. The average molecular weight is 266 g/mol. The van der Waals surface area contributed by atoms with Crippen LogP contribution in [0.5, 0.6) is 0 Å². The van der Waals surface area contributed by atoms with Crippen LogP contribution < -0.4 is 5.32 Å². The summed E-state index contributed by atoms with van der Waals surface area (Å²) in [5.74, 6) is -0.128. The minimum atomic E-state index is -1.37. The Bertz CT molecular complexity index is 221. The van der Waals surface area contributed by atoms with E-state index in [1.54, 1.807) is 0 Å². The van der Waals surface area contributed by atoms with Crippen LogP contribution in [0.15, 0.2) is 11.6 Å². The highest BCUT2D eigenvalue weighted by atomic mass is 79.9. The van der Waals surface area contributed by atoms with E-state index in [9.17, 15) is 9.18 Å². The molecule has 0 atom stereocenters. The lowest BCUT2D eigenvalue weighted by Gasteiger charge is -2.19. The van der Waals surface area contributed by atoms with Gasteiger partial charge in [-0.25, -0.2) is 4.39 Å². The van der Waals surface area contributed by atoms with Crippen LogP contribution in [-0.4, -0.2) is 23.5 Å². The number of halogens is 2. The Morgan fingerprint density at radius 3 is 2.50 bits per heavy atom. The highest BCUT2D eigenvalue weighted by molar-refractivity contribution is 9.09. The van der Waals surface area contributed by atoms with Gasteiger partial charge in [0, 0.05) is 6.54 Å². The van der Waals surface area contributed by atoms with Gasteiger partial charge in [-0.2, -0.15) is 0 Å². The second-order valence-corrected chi connectivity index (χ2v) is 4.08. The fourth-order valence-electron chi connectivity index (χ4n) is 1.01. The van der Waals surface area contributed by atoms with Gasteiger partial charge in [-0.15, -0.1) is 0 Å². The molecule has 0 rings (SSSR count). The van der Waals surface area contributed by atoms with Crippen molar-refractivity contribution in [1.29, 1.82) is 0 Å². The summed E-state index contributed by atoms with van der Waals surface area (Å²) in [6.07, 6.45) is 2.58. The van der Waals surface area contributed by atoms with Crippen molar-refractivity contribution in [2.24, 2.45) is 0 Å². The molecule has 1 N–H and O–H groups in total. The number of hydrogen-bond acceptors (Lipinski definition) is 1. The van der Waals surface area contributed by atoms with Crippen molar-refractivity contribution in [3.63, 3.8) is 0 Å². The molecule has 0 spiro atoms. The first-order valence-corrected chi connectivity index (χ1v) is 5.75. The highest BCUT2D eigenvalue weighted by Gasteiger charge is 2.21. The first-order valence-electron chi connectivity index (χ1n) is 4.63. The van der Waals surface area contributed by atoms with Crippen LogP contribution in [0.3, 0.4) is 0 Å². The van der Waals surface area contributed by atoms with Crippen LogP contribution in [0.2, 0.25) is 0 Å². The van der Waals surface area contributed by atoms with Crippen LogP contribution in [0.25, 0.3) is 0 Å². The summed E-state index contributed by atoms with van der Waals surface area (Å²) in [7, 11) is 0. The number of amides is 1. The van der Waals surface area contributed by atoms with E-state index in [0.29, 0.717) is 5.57 Å². The Morgan fingerprint density at radius 1 is 1.57 bits per heavy atom. The molecule has 0 aliphatic carbocycles. The maximum absolute atomic E-state index is 13.6. The van der Waals surface area contributed by atoms with Crippen molar-refractivity contribution in [1.82, 2.24) is 5.32 Å². The molecule has 0 aliphatic rings. The van der Waals surface area contributed by atoms with Gasteiger partial charge in [0.15, 0.2) is 0 Å². The molecule has 82 valence electrons. The van der Waals surface area contributed by atoms with Gasteiger partial charge in [0.1, 0.15) is 5.67 Å². The molecule has 14 heavy (non-hydrogen) atoms. The lowest BCUT2D eigenvalue weighted by molar-refractivity contribution is -0.118. The van der Waals surface area contributed by atoms with E-state index >= 15 is 0 Å². The number of carbonyl (C=O) groups is 1. The van der Waals surface area contributed by atoms with Crippen LogP contribution in [-0.2, 0) is 4.79 Å². The largest absolute Gasteiger partial charge is 0.352 e. The number of hydrogen-bond donors (Lipinski definition) is 1. The predicted octanol–water partition coefficient (Wildman–Crippen LogP) is 2.58. The number of allylic oxidation sites excluding steroid dienone is 1. The topological polar surface area (TPSA) is 29.1 Å². The van der Waals surface area contributed by atoms with Crippen molar-refractivity contribution in [3.05, 3.63) is 11.6 Å². The molecule has 1 amide bonds. The first-order chi connectivity index (χ1) is 6.41. The Balaban J connectivity index is 4.27. The molecular formula is C10H17BrFNO. The first kappa shape index (κ1) is 13.6. The van der Waals surface area contributed by atoms with Crippen LogP contribution in [0.4, 0.5) is 4.39 Å². The summed E-state index contributed by atoms with van der Waals surface area (Å²) < 4.78 is 13.6. The maximum atomic E-state index is 13.6. The summed E-state index contributed by atoms with van der Waals surface area (Å²) in [6.45, 7) is 5.21. The fourth-order valence-corrected chi connectivity index (χ4v) is 1.21. The molecule has 0 saturated carbocycles. The molecule has 0 heterocycles. The second-order valence-electron chi connectivity index (χ2n) is 3.52. The van der Waals surface area contributed by atoms with Gasteiger partial charge in [0.05, 0.1) is 5.33 Å². The van der Waals surface area contributed by atoms with Crippen LogP contribution >= 0.6 is 15.9 Å². The van der Waals surface area contributed by atoms with Gasteiger partial charge in [-0.05, 0) is 25.8 Å². The summed E-state index contributed by atoms with van der Waals surface area (Å²) in [5, 5.41) is 2.88. The fraction of sp³-hybridized carbons (Fsp3) is 0.700. The SMILES string of the molecule is CC/C=C(/CNC(=O)CBr)C(C)(C)F. The molecule has 0 aromatic rings. The van der Waals surface area contributed by atoms with Gasteiger partial charge in [0.25, 0.3) is 0 Å². The third-order valence-electron chi connectivity index (χ3n) is 1.81. The monoisotopic (exact) mass is 265 g/mol. The van der Waals surface area contributed by atoms with Crippen molar-refractivity contribution in [2.75, 3.05) is 11.9 Å². The quantitative estimate of drug-likeness (QED) is 0.601. The lowest BCUT2D eigenvalue weighted by atomic mass is 9.99. The van der Waals surface area contributed by atoms with Gasteiger partial charge in [-0.1, -0.05) is 28.9 Å². The normalized spacial score (nSPS) is 12.8. The molecule has 4 heteroatoms. The van der Waals surface area contributed by atoms with Crippen molar-refractivity contribution < 1.29 is 9.18 Å². The molecule has 0 fully saturated rings. The molecule has 0 radical (unpaired) electrons. The minimum Gasteiger partial charge on any atom is -0.352 e. The molecule has 0 saturated heterocycles. The van der Waals surface area contributed by atoms with Gasteiger partial charge in [-0.3, -0.25) is 4.79 Å². The van der Waals surface area contributed by atoms with E-state index < -0.39 is 5.67 Å². The van der Waals surface area contributed by atoms with E-state index in [-0.39, 0.29) is 17.8 Å². The van der Waals surface area contributed by atoms with E-state index in [4.69, 9.17) is 0 Å².